The molecule has 0 atom stereocenters. The second-order valence-corrected chi connectivity index (χ2v) is 8.68. The van der Waals surface area contributed by atoms with Crippen molar-refractivity contribution >= 4 is 17.0 Å². The molecule has 5 aromatic rings. The van der Waals surface area contributed by atoms with Crippen molar-refractivity contribution in [3.8, 4) is 17.1 Å². The standard InChI is InChI=1S/C26H23F3N6O2/c1-15-21(16(2)37-34-15)23-32-24(30-12-11-17-5-9-20(36)10-6-17)22-25(33-23)35(14-31-22)13-18-3-7-19(8-4-18)26(27,28)29/h3-10,14,36H,11-13H2,1-2H3,(H,30,32,33). The highest BCUT2D eigenvalue weighted by Gasteiger charge is 2.30. The molecular formula is C26H23F3N6O2. The molecule has 0 aliphatic heterocycles. The van der Waals surface area contributed by atoms with E-state index in [-0.39, 0.29) is 12.3 Å². The van der Waals surface area contributed by atoms with Crippen molar-refractivity contribution in [2.75, 3.05) is 11.9 Å². The molecule has 0 unspecified atom stereocenters. The van der Waals surface area contributed by atoms with Gasteiger partial charge in [-0.1, -0.05) is 29.4 Å². The van der Waals surface area contributed by atoms with E-state index in [0.717, 1.165) is 17.7 Å². The first-order valence-electron chi connectivity index (χ1n) is 11.5. The van der Waals surface area contributed by atoms with Gasteiger partial charge in [-0.15, -0.1) is 0 Å². The van der Waals surface area contributed by atoms with Gasteiger partial charge in [0, 0.05) is 6.54 Å². The number of halogens is 3. The highest BCUT2D eigenvalue weighted by Crippen LogP contribution is 2.31. The van der Waals surface area contributed by atoms with Gasteiger partial charge in [0.1, 0.15) is 17.0 Å². The molecule has 0 aliphatic carbocycles. The summed E-state index contributed by atoms with van der Waals surface area (Å²) in [6.07, 6.45) is -2.12. The number of nitrogens with zero attached hydrogens (tertiary/aromatic N) is 5. The molecule has 3 heterocycles. The summed E-state index contributed by atoms with van der Waals surface area (Å²) in [4.78, 5) is 13.9. The number of fused-ring (bicyclic) bond motifs is 1. The number of benzene rings is 2. The van der Waals surface area contributed by atoms with Crippen LogP contribution in [0.3, 0.4) is 0 Å². The Bertz CT molecular complexity index is 1520. The Morgan fingerprint density at radius 2 is 1.68 bits per heavy atom. The van der Waals surface area contributed by atoms with Crippen LogP contribution in [-0.4, -0.2) is 36.3 Å². The van der Waals surface area contributed by atoms with Crippen LogP contribution in [-0.2, 0) is 19.1 Å². The van der Waals surface area contributed by atoms with Gasteiger partial charge in [0.05, 0.1) is 29.7 Å². The number of hydrogen-bond donors (Lipinski definition) is 2. The van der Waals surface area contributed by atoms with E-state index in [0.29, 0.717) is 58.4 Å². The van der Waals surface area contributed by atoms with E-state index in [1.807, 2.05) is 12.1 Å². The third-order valence-corrected chi connectivity index (χ3v) is 6.00. The Kier molecular flexibility index (Phi) is 6.28. The predicted molar refractivity (Wildman–Crippen MR) is 131 cm³/mol. The average Bonchev–Trinajstić information content (AvgIpc) is 3.42. The van der Waals surface area contributed by atoms with Gasteiger partial charge in [0.2, 0.25) is 0 Å². The topological polar surface area (TPSA) is 102 Å². The molecule has 0 radical (unpaired) electrons. The first-order valence-corrected chi connectivity index (χ1v) is 11.5. The van der Waals surface area contributed by atoms with Crippen molar-refractivity contribution in [3.05, 3.63) is 83.0 Å². The largest absolute Gasteiger partial charge is 0.508 e. The van der Waals surface area contributed by atoms with Crippen molar-refractivity contribution < 1.29 is 22.8 Å². The van der Waals surface area contributed by atoms with E-state index in [4.69, 9.17) is 14.5 Å². The van der Waals surface area contributed by atoms with Gasteiger partial charge >= 0.3 is 6.18 Å². The zero-order valence-electron chi connectivity index (χ0n) is 20.0. The lowest BCUT2D eigenvalue weighted by Crippen LogP contribution is -2.09. The number of anilines is 1. The SMILES string of the molecule is Cc1noc(C)c1-c1nc(NCCc2ccc(O)cc2)c2ncn(Cc3ccc(C(F)(F)F)cc3)c2n1. The lowest BCUT2D eigenvalue weighted by molar-refractivity contribution is -0.137. The number of hydrogen-bond acceptors (Lipinski definition) is 7. The minimum absolute atomic E-state index is 0.205. The summed E-state index contributed by atoms with van der Waals surface area (Å²) >= 11 is 0. The molecule has 0 saturated carbocycles. The third-order valence-electron chi connectivity index (χ3n) is 6.00. The van der Waals surface area contributed by atoms with Crippen molar-refractivity contribution in [2.24, 2.45) is 0 Å². The van der Waals surface area contributed by atoms with Crippen LogP contribution in [0.1, 0.15) is 28.1 Å². The number of rotatable bonds is 7. The fraction of sp³-hybridized carbons (Fsp3) is 0.231. The summed E-state index contributed by atoms with van der Waals surface area (Å²) in [6, 6.07) is 12.0. The van der Waals surface area contributed by atoms with Gasteiger partial charge < -0.3 is 19.5 Å². The number of alkyl halides is 3. The summed E-state index contributed by atoms with van der Waals surface area (Å²) in [5.41, 5.74) is 3.38. The molecule has 0 bridgehead atoms. The Morgan fingerprint density at radius 1 is 0.973 bits per heavy atom. The van der Waals surface area contributed by atoms with Crippen LogP contribution >= 0.6 is 0 Å². The fourth-order valence-corrected chi connectivity index (χ4v) is 4.08. The van der Waals surface area contributed by atoms with E-state index in [2.05, 4.69) is 15.5 Å². The molecule has 8 nitrogen and oxygen atoms in total. The summed E-state index contributed by atoms with van der Waals surface area (Å²) < 4.78 is 46.0. The van der Waals surface area contributed by atoms with Gasteiger partial charge in [-0.3, -0.25) is 0 Å². The summed E-state index contributed by atoms with van der Waals surface area (Å²) in [7, 11) is 0. The van der Waals surface area contributed by atoms with Crippen LogP contribution < -0.4 is 5.32 Å². The molecule has 0 saturated heterocycles. The van der Waals surface area contributed by atoms with Crippen LogP contribution in [0.5, 0.6) is 5.75 Å². The summed E-state index contributed by atoms with van der Waals surface area (Å²) in [5.74, 6) is 1.70. The lowest BCUT2D eigenvalue weighted by Gasteiger charge is -2.11. The highest BCUT2D eigenvalue weighted by atomic mass is 19.4. The van der Waals surface area contributed by atoms with Gasteiger partial charge in [-0.2, -0.15) is 13.2 Å². The van der Waals surface area contributed by atoms with Gasteiger partial charge in [-0.25, -0.2) is 15.0 Å². The molecule has 0 amide bonds. The van der Waals surface area contributed by atoms with Crippen LogP contribution in [0, 0.1) is 13.8 Å². The molecule has 0 spiro atoms. The zero-order chi connectivity index (χ0) is 26.2. The molecule has 3 aromatic heterocycles. The van der Waals surface area contributed by atoms with Crippen molar-refractivity contribution in [1.29, 1.82) is 0 Å². The molecule has 2 aromatic carbocycles. The number of nitrogens with one attached hydrogen (secondary N) is 1. The zero-order valence-corrected chi connectivity index (χ0v) is 20.0. The van der Waals surface area contributed by atoms with Gasteiger partial charge in [0.15, 0.2) is 17.3 Å². The highest BCUT2D eigenvalue weighted by molar-refractivity contribution is 5.85. The molecule has 37 heavy (non-hydrogen) atoms. The summed E-state index contributed by atoms with van der Waals surface area (Å²) in [6.45, 7) is 4.40. The maximum Gasteiger partial charge on any atom is 0.416 e. The number of aromatic hydroxyl groups is 1. The number of imidazole rings is 1. The van der Waals surface area contributed by atoms with Crippen LogP contribution in [0.4, 0.5) is 19.0 Å². The first-order chi connectivity index (χ1) is 17.7. The van der Waals surface area contributed by atoms with Crippen LogP contribution in [0.2, 0.25) is 0 Å². The maximum atomic E-state index is 13.0. The van der Waals surface area contributed by atoms with Crippen LogP contribution in [0.25, 0.3) is 22.6 Å². The van der Waals surface area contributed by atoms with E-state index in [1.54, 1.807) is 36.9 Å². The Balaban J connectivity index is 1.49. The second-order valence-electron chi connectivity index (χ2n) is 8.68. The normalized spacial score (nSPS) is 11.8. The van der Waals surface area contributed by atoms with Crippen LogP contribution in [0.15, 0.2) is 59.4 Å². The smallest absolute Gasteiger partial charge is 0.416 e. The number of phenolic OH excluding ortho intramolecular Hbond substituents is 1. The summed E-state index contributed by atoms with van der Waals surface area (Å²) in [5, 5.41) is 16.8. The van der Waals surface area contributed by atoms with Crippen molar-refractivity contribution in [3.63, 3.8) is 0 Å². The minimum atomic E-state index is -4.39. The Hall–Kier alpha value is -4.41. The van der Waals surface area contributed by atoms with E-state index < -0.39 is 11.7 Å². The average molecular weight is 509 g/mol. The quantitative estimate of drug-likeness (QED) is 0.298. The monoisotopic (exact) mass is 508 g/mol. The molecule has 5 rings (SSSR count). The Labute approximate surface area is 209 Å². The fourth-order valence-electron chi connectivity index (χ4n) is 4.08. The van der Waals surface area contributed by atoms with Crippen molar-refractivity contribution in [2.45, 2.75) is 33.0 Å². The Morgan fingerprint density at radius 3 is 2.32 bits per heavy atom. The van der Waals surface area contributed by atoms with E-state index >= 15 is 0 Å². The molecule has 190 valence electrons. The number of phenols is 1. The lowest BCUT2D eigenvalue weighted by atomic mass is 10.1. The van der Waals surface area contributed by atoms with Crippen molar-refractivity contribution in [1.82, 2.24) is 24.7 Å². The maximum absolute atomic E-state index is 13.0. The molecule has 0 fully saturated rings. The predicted octanol–water partition coefficient (Wildman–Crippen LogP) is 5.53. The third kappa shape index (κ3) is 5.11. The molecule has 11 heteroatoms. The molecular weight excluding hydrogens is 485 g/mol. The van der Waals surface area contributed by atoms with E-state index in [1.165, 1.54) is 12.1 Å². The number of aromatic nitrogens is 5. The molecule has 2 N–H and O–H groups in total. The van der Waals surface area contributed by atoms with Gasteiger partial charge in [0.25, 0.3) is 0 Å². The molecule has 0 aliphatic rings. The van der Waals surface area contributed by atoms with E-state index in [9.17, 15) is 18.3 Å². The second kappa shape index (κ2) is 9.57. The number of aryl methyl sites for hydroxylation is 2. The van der Waals surface area contributed by atoms with Gasteiger partial charge in [-0.05, 0) is 55.7 Å². The first kappa shape index (κ1) is 24.3. The minimum Gasteiger partial charge on any atom is -0.508 e.